The number of ether oxygens (including phenoxy) is 1. The smallest absolute Gasteiger partial charge is 0.314 e. The van der Waals surface area contributed by atoms with Crippen LogP contribution in [0.25, 0.3) is 0 Å². The van der Waals surface area contributed by atoms with Crippen LogP contribution in [0.1, 0.15) is 42.3 Å². The largest absolute Gasteiger partial charge is 0.465 e. The van der Waals surface area contributed by atoms with Gasteiger partial charge in [-0.05, 0) is 38.2 Å². The third-order valence-electron chi connectivity index (χ3n) is 5.75. The van der Waals surface area contributed by atoms with Crippen LogP contribution in [-0.4, -0.2) is 40.6 Å². The lowest BCUT2D eigenvalue weighted by Crippen LogP contribution is -2.47. The van der Waals surface area contributed by atoms with Crippen molar-refractivity contribution in [2.24, 2.45) is 5.41 Å². The number of nitrogens with zero attached hydrogens (tertiary/aromatic N) is 1. The molecule has 2 aliphatic heterocycles. The monoisotopic (exact) mass is 370 g/mol. The van der Waals surface area contributed by atoms with E-state index >= 15 is 0 Å². The third kappa shape index (κ3) is 2.87. The highest BCUT2D eigenvalue weighted by Gasteiger charge is 2.62. The van der Waals surface area contributed by atoms with Gasteiger partial charge in [-0.25, -0.2) is 0 Å². The number of hydrogen-bond acceptors (Lipinski definition) is 5. The number of amides is 1. The maximum absolute atomic E-state index is 13.0. The van der Waals surface area contributed by atoms with E-state index in [1.54, 1.807) is 11.8 Å². The van der Waals surface area contributed by atoms with E-state index in [0.29, 0.717) is 19.4 Å². The van der Waals surface area contributed by atoms with Gasteiger partial charge in [0.05, 0.1) is 18.1 Å². The molecule has 0 unspecified atom stereocenters. The maximum Gasteiger partial charge on any atom is 0.314 e. The van der Waals surface area contributed by atoms with Crippen LogP contribution in [0, 0.1) is 5.41 Å². The lowest BCUT2D eigenvalue weighted by molar-refractivity contribution is -0.157. The Bertz CT molecular complexity index is 902. The number of H-pyrrole nitrogens is 1. The lowest BCUT2D eigenvalue weighted by atomic mass is 9.70. The summed E-state index contributed by atoms with van der Waals surface area (Å²) in [5.74, 6) is -0.620. The quantitative estimate of drug-likeness (QED) is 0.814. The van der Waals surface area contributed by atoms with E-state index in [0.717, 1.165) is 24.5 Å². The van der Waals surface area contributed by atoms with Crippen LogP contribution in [0.4, 0.5) is 0 Å². The van der Waals surface area contributed by atoms with E-state index in [9.17, 15) is 14.4 Å². The van der Waals surface area contributed by atoms with E-state index < -0.39 is 11.0 Å². The number of carbonyl (C=O) groups excluding carboxylic acids is 2. The van der Waals surface area contributed by atoms with Crippen molar-refractivity contribution >= 4 is 11.9 Å². The van der Waals surface area contributed by atoms with Crippen molar-refractivity contribution in [1.29, 1.82) is 0 Å². The molecule has 1 aromatic carbocycles. The molecule has 2 aromatic rings. The second-order valence-electron chi connectivity index (χ2n) is 7.28. The van der Waals surface area contributed by atoms with Gasteiger partial charge in [-0.15, -0.1) is 0 Å². The fourth-order valence-corrected chi connectivity index (χ4v) is 4.72. The molecule has 1 aromatic heterocycles. The predicted octanol–water partition coefficient (Wildman–Crippen LogP) is 2.14. The summed E-state index contributed by atoms with van der Waals surface area (Å²) in [6.45, 7) is 2.09. The second-order valence-corrected chi connectivity index (χ2v) is 7.28. The number of esters is 1. The normalized spacial score (nSPS) is 26.3. The first kappa shape index (κ1) is 17.6. The molecule has 3 atom stereocenters. The summed E-state index contributed by atoms with van der Waals surface area (Å²) in [5, 5.41) is 2.16. The number of carbonyl (C=O) groups is 2. The zero-order valence-corrected chi connectivity index (χ0v) is 15.1. The fourth-order valence-electron chi connectivity index (χ4n) is 4.72. The molecule has 0 aliphatic carbocycles. The SMILES string of the molecule is CCOC(=O)[C@@]1(Cc2ccccc2)C[C@H]2CC[C@@H]1N2C(=O)c1cc(=O)[nH]o1. The molecule has 3 heterocycles. The van der Waals surface area contributed by atoms with Crippen molar-refractivity contribution in [2.75, 3.05) is 6.61 Å². The van der Waals surface area contributed by atoms with Crippen LogP contribution in [0.15, 0.2) is 45.7 Å². The van der Waals surface area contributed by atoms with Crippen molar-refractivity contribution in [3.63, 3.8) is 0 Å². The van der Waals surface area contributed by atoms with Gasteiger partial charge in [0.1, 0.15) is 0 Å². The molecule has 27 heavy (non-hydrogen) atoms. The average Bonchev–Trinajstić information content (AvgIpc) is 3.36. The van der Waals surface area contributed by atoms with Crippen LogP contribution in [0.2, 0.25) is 0 Å². The minimum atomic E-state index is -0.771. The molecule has 0 radical (unpaired) electrons. The number of fused-ring (bicyclic) bond motifs is 2. The molecular formula is C20H22N2O5. The highest BCUT2D eigenvalue weighted by molar-refractivity contribution is 5.93. The zero-order chi connectivity index (χ0) is 19.0. The van der Waals surface area contributed by atoms with Gasteiger partial charge in [0, 0.05) is 12.1 Å². The predicted molar refractivity (Wildman–Crippen MR) is 96.1 cm³/mol. The molecule has 0 saturated carbocycles. The zero-order valence-electron chi connectivity index (χ0n) is 15.1. The number of nitrogens with one attached hydrogen (secondary N) is 1. The Kier molecular flexibility index (Phi) is 4.37. The summed E-state index contributed by atoms with van der Waals surface area (Å²) in [5.41, 5.74) is -0.184. The van der Waals surface area contributed by atoms with Crippen LogP contribution in [-0.2, 0) is 16.0 Å². The van der Waals surface area contributed by atoms with E-state index in [4.69, 9.17) is 9.26 Å². The molecule has 142 valence electrons. The third-order valence-corrected chi connectivity index (χ3v) is 5.75. The summed E-state index contributed by atoms with van der Waals surface area (Å²) in [6.07, 6.45) is 2.65. The summed E-state index contributed by atoms with van der Waals surface area (Å²) < 4.78 is 10.4. The van der Waals surface area contributed by atoms with Crippen molar-refractivity contribution in [1.82, 2.24) is 10.1 Å². The summed E-state index contributed by atoms with van der Waals surface area (Å²) in [6, 6.07) is 10.6. The van der Waals surface area contributed by atoms with E-state index in [-0.39, 0.29) is 29.7 Å². The maximum atomic E-state index is 13.0. The Morgan fingerprint density at radius 3 is 2.74 bits per heavy atom. The van der Waals surface area contributed by atoms with Crippen molar-refractivity contribution in [3.05, 3.63) is 58.1 Å². The number of hydrogen-bond donors (Lipinski definition) is 1. The van der Waals surface area contributed by atoms with Crippen LogP contribution in [0.5, 0.6) is 0 Å². The van der Waals surface area contributed by atoms with Crippen LogP contribution >= 0.6 is 0 Å². The summed E-state index contributed by atoms with van der Waals surface area (Å²) >= 11 is 0. The Labute approximate surface area is 156 Å². The van der Waals surface area contributed by atoms with Gasteiger partial charge in [0.2, 0.25) is 5.76 Å². The van der Waals surface area contributed by atoms with Gasteiger partial charge in [-0.2, -0.15) is 5.16 Å². The summed E-state index contributed by atoms with van der Waals surface area (Å²) in [7, 11) is 0. The van der Waals surface area contributed by atoms with Crippen LogP contribution in [0.3, 0.4) is 0 Å². The van der Waals surface area contributed by atoms with E-state index in [2.05, 4.69) is 5.16 Å². The molecular weight excluding hydrogens is 348 g/mol. The summed E-state index contributed by atoms with van der Waals surface area (Å²) in [4.78, 5) is 39.1. The van der Waals surface area contributed by atoms with Gasteiger partial charge in [0.25, 0.3) is 11.5 Å². The molecule has 1 N–H and O–H groups in total. The molecule has 4 rings (SSSR count). The lowest BCUT2D eigenvalue weighted by Gasteiger charge is -2.35. The van der Waals surface area contributed by atoms with Crippen molar-refractivity contribution in [3.8, 4) is 0 Å². The van der Waals surface area contributed by atoms with E-state index in [1.165, 1.54) is 0 Å². The topological polar surface area (TPSA) is 92.6 Å². The van der Waals surface area contributed by atoms with Gasteiger partial charge in [0.15, 0.2) is 0 Å². The molecule has 2 saturated heterocycles. The highest BCUT2D eigenvalue weighted by Crippen LogP contribution is 2.52. The fraction of sp³-hybridized carbons (Fsp3) is 0.450. The number of aromatic amines is 1. The first-order valence-corrected chi connectivity index (χ1v) is 9.27. The molecule has 7 nitrogen and oxygen atoms in total. The van der Waals surface area contributed by atoms with Gasteiger partial charge < -0.3 is 14.2 Å². The Morgan fingerprint density at radius 1 is 1.30 bits per heavy atom. The number of rotatable bonds is 5. The Hall–Kier alpha value is -2.83. The molecule has 2 fully saturated rings. The second kappa shape index (κ2) is 6.72. The van der Waals surface area contributed by atoms with Crippen molar-refractivity contribution < 1.29 is 18.8 Å². The Balaban J connectivity index is 1.69. The number of benzene rings is 1. The Morgan fingerprint density at radius 2 is 2.07 bits per heavy atom. The first-order chi connectivity index (χ1) is 13.0. The molecule has 7 heteroatoms. The highest BCUT2D eigenvalue weighted by atomic mass is 16.5. The minimum absolute atomic E-state index is 0.0173. The van der Waals surface area contributed by atoms with Gasteiger partial charge in [-0.1, -0.05) is 30.3 Å². The average molecular weight is 370 g/mol. The van der Waals surface area contributed by atoms with Gasteiger partial charge >= 0.3 is 5.97 Å². The molecule has 2 bridgehead atoms. The van der Waals surface area contributed by atoms with Crippen LogP contribution < -0.4 is 5.56 Å². The standard InChI is InChI=1S/C20H22N2O5/c1-2-26-19(25)20(11-13-6-4-3-5-7-13)12-14-8-9-16(20)22(14)18(24)15-10-17(23)21-27-15/h3-7,10,14,16H,2,8-9,11-12H2,1H3,(H,21,23)/t14-,16+,20+/m1/s1. The molecule has 0 spiro atoms. The van der Waals surface area contributed by atoms with Crippen molar-refractivity contribution in [2.45, 2.75) is 44.7 Å². The number of aromatic nitrogens is 1. The molecule has 1 amide bonds. The van der Waals surface area contributed by atoms with Gasteiger partial charge in [-0.3, -0.25) is 14.4 Å². The van der Waals surface area contributed by atoms with E-state index in [1.807, 2.05) is 30.3 Å². The molecule has 2 aliphatic rings. The first-order valence-electron chi connectivity index (χ1n) is 9.27. The minimum Gasteiger partial charge on any atom is -0.465 e.